The summed E-state index contributed by atoms with van der Waals surface area (Å²) in [5.74, 6) is -0.0658. The number of piperidine rings is 1. The summed E-state index contributed by atoms with van der Waals surface area (Å²) in [5, 5.41) is 0. The molecular weight excluding hydrogens is 324 g/mol. The van der Waals surface area contributed by atoms with Gasteiger partial charge in [-0.1, -0.05) is 12.1 Å². The fraction of sp³-hybridized carbons (Fsp3) is 0.263. The molecule has 0 unspecified atom stereocenters. The maximum Gasteiger partial charge on any atom is 0.256 e. The van der Waals surface area contributed by atoms with Crippen molar-refractivity contribution in [1.82, 2.24) is 14.9 Å². The quantitative estimate of drug-likeness (QED) is 0.769. The van der Waals surface area contributed by atoms with Crippen molar-refractivity contribution in [2.24, 2.45) is 0 Å². The van der Waals surface area contributed by atoms with Crippen molar-refractivity contribution in [2.45, 2.75) is 18.8 Å². The number of hydrogen-bond donors (Lipinski definition) is 1. The number of benzene rings is 2. The van der Waals surface area contributed by atoms with E-state index in [9.17, 15) is 13.6 Å². The number of nitrogens with zero attached hydrogens (tertiary/aromatic N) is 2. The van der Waals surface area contributed by atoms with Crippen LogP contribution in [-0.4, -0.2) is 33.9 Å². The third kappa shape index (κ3) is 2.99. The Bertz CT molecular complexity index is 929. The number of fused-ring (bicyclic) bond motifs is 1. The van der Waals surface area contributed by atoms with Gasteiger partial charge in [-0.2, -0.15) is 0 Å². The second-order valence-corrected chi connectivity index (χ2v) is 6.33. The van der Waals surface area contributed by atoms with E-state index >= 15 is 0 Å². The van der Waals surface area contributed by atoms with Gasteiger partial charge in [-0.05, 0) is 43.2 Å². The topological polar surface area (TPSA) is 49.0 Å². The molecule has 1 N–H and O–H groups in total. The number of aromatic amines is 1. The number of likely N-dealkylation sites (tertiary alicyclic amines) is 1. The molecule has 0 saturated carbocycles. The monoisotopic (exact) mass is 341 g/mol. The lowest BCUT2D eigenvalue weighted by atomic mass is 9.95. The van der Waals surface area contributed by atoms with Crippen LogP contribution in [0.15, 0.2) is 42.5 Å². The molecule has 1 fully saturated rings. The van der Waals surface area contributed by atoms with Crippen LogP contribution in [-0.2, 0) is 0 Å². The first-order valence-corrected chi connectivity index (χ1v) is 8.31. The molecule has 128 valence electrons. The summed E-state index contributed by atoms with van der Waals surface area (Å²) in [5.41, 5.74) is 1.53. The van der Waals surface area contributed by atoms with Crippen molar-refractivity contribution < 1.29 is 13.6 Å². The van der Waals surface area contributed by atoms with Gasteiger partial charge < -0.3 is 9.88 Å². The standard InChI is InChI=1S/C19H17F2N3O/c20-13-5-6-16-17(11-13)23-18(22-16)12-7-9-24(10-8-12)19(25)14-3-1-2-4-15(14)21/h1-6,11-12H,7-10H2,(H,22,23). The van der Waals surface area contributed by atoms with Crippen LogP contribution in [0.2, 0.25) is 0 Å². The molecule has 2 aromatic carbocycles. The van der Waals surface area contributed by atoms with Crippen LogP contribution < -0.4 is 0 Å². The smallest absolute Gasteiger partial charge is 0.256 e. The summed E-state index contributed by atoms with van der Waals surface area (Å²) < 4.78 is 27.1. The lowest BCUT2D eigenvalue weighted by Gasteiger charge is -2.31. The molecule has 1 saturated heterocycles. The summed E-state index contributed by atoms with van der Waals surface area (Å²) in [7, 11) is 0. The Kier molecular flexibility index (Phi) is 3.95. The number of halogens is 2. The minimum absolute atomic E-state index is 0.111. The van der Waals surface area contributed by atoms with Crippen LogP contribution in [0.1, 0.15) is 34.9 Å². The molecule has 0 atom stereocenters. The van der Waals surface area contributed by atoms with Crippen molar-refractivity contribution in [3.05, 3.63) is 65.5 Å². The van der Waals surface area contributed by atoms with Gasteiger partial charge in [0, 0.05) is 19.0 Å². The van der Waals surface area contributed by atoms with Crippen molar-refractivity contribution in [3.63, 3.8) is 0 Å². The largest absolute Gasteiger partial charge is 0.342 e. The highest BCUT2D eigenvalue weighted by molar-refractivity contribution is 5.94. The number of imidazole rings is 1. The normalized spacial score (nSPS) is 15.7. The Morgan fingerprint density at radius 1 is 1.12 bits per heavy atom. The Morgan fingerprint density at radius 3 is 2.64 bits per heavy atom. The van der Waals surface area contributed by atoms with Crippen LogP contribution in [0, 0.1) is 11.6 Å². The van der Waals surface area contributed by atoms with Crippen molar-refractivity contribution in [3.8, 4) is 0 Å². The number of hydrogen-bond acceptors (Lipinski definition) is 2. The van der Waals surface area contributed by atoms with E-state index in [1.54, 1.807) is 23.1 Å². The second-order valence-electron chi connectivity index (χ2n) is 6.33. The molecule has 25 heavy (non-hydrogen) atoms. The van der Waals surface area contributed by atoms with Gasteiger partial charge >= 0.3 is 0 Å². The van der Waals surface area contributed by atoms with Crippen molar-refractivity contribution >= 4 is 16.9 Å². The summed E-state index contributed by atoms with van der Waals surface area (Å²) in [6.07, 6.45) is 1.48. The molecule has 0 bridgehead atoms. The molecule has 0 aliphatic carbocycles. The zero-order valence-corrected chi connectivity index (χ0v) is 13.5. The molecule has 2 heterocycles. The highest BCUT2D eigenvalue weighted by Gasteiger charge is 2.27. The maximum atomic E-state index is 13.8. The number of aromatic nitrogens is 2. The van der Waals surface area contributed by atoms with Crippen molar-refractivity contribution in [2.75, 3.05) is 13.1 Å². The van der Waals surface area contributed by atoms with E-state index in [-0.39, 0.29) is 23.2 Å². The molecule has 1 aliphatic heterocycles. The van der Waals surface area contributed by atoms with Crippen LogP contribution in [0.3, 0.4) is 0 Å². The van der Waals surface area contributed by atoms with Gasteiger partial charge in [0.1, 0.15) is 17.5 Å². The number of H-pyrrole nitrogens is 1. The van der Waals surface area contributed by atoms with Gasteiger partial charge in [0.2, 0.25) is 0 Å². The average Bonchev–Trinajstić information content (AvgIpc) is 3.05. The van der Waals surface area contributed by atoms with Gasteiger partial charge in [0.25, 0.3) is 5.91 Å². The number of rotatable bonds is 2. The number of carbonyl (C=O) groups is 1. The first-order valence-electron chi connectivity index (χ1n) is 8.31. The number of carbonyl (C=O) groups excluding carboxylic acids is 1. The Hall–Kier alpha value is -2.76. The predicted molar refractivity (Wildman–Crippen MR) is 90.3 cm³/mol. The lowest BCUT2D eigenvalue weighted by molar-refractivity contribution is 0.0706. The summed E-state index contributed by atoms with van der Waals surface area (Å²) in [4.78, 5) is 21.9. The van der Waals surface area contributed by atoms with Crippen LogP contribution in [0.5, 0.6) is 0 Å². The van der Waals surface area contributed by atoms with E-state index in [2.05, 4.69) is 9.97 Å². The molecule has 6 heteroatoms. The zero-order chi connectivity index (χ0) is 17.4. The Balaban J connectivity index is 1.47. The van der Waals surface area contributed by atoms with Crippen LogP contribution in [0.25, 0.3) is 11.0 Å². The minimum atomic E-state index is -0.492. The summed E-state index contributed by atoms with van der Waals surface area (Å²) in [6.45, 7) is 1.09. The van der Waals surface area contributed by atoms with Gasteiger partial charge in [-0.3, -0.25) is 4.79 Å². The maximum absolute atomic E-state index is 13.8. The highest BCUT2D eigenvalue weighted by Crippen LogP contribution is 2.28. The summed E-state index contributed by atoms with van der Waals surface area (Å²) in [6, 6.07) is 10.5. The highest BCUT2D eigenvalue weighted by atomic mass is 19.1. The van der Waals surface area contributed by atoms with Crippen molar-refractivity contribution in [1.29, 1.82) is 0 Å². The van der Waals surface area contributed by atoms with Gasteiger partial charge in [0.05, 0.1) is 16.6 Å². The molecule has 0 spiro atoms. The van der Waals surface area contributed by atoms with E-state index in [1.165, 1.54) is 24.3 Å². The summed E-state index contributed by atoms with van der Waals surface area (Å²) >= 11 is 0. The molecule has 4 nitrogen and oxygen atoms in total. The molecule has 1 aliphatic rings. The predicted octanol–water partition coefficient (Wildman–Crippen LogP) is 3.86. The number of nitrogens with one attached hydrogen (secondary N) is 1. The van der Waals surface area contributed by atoms with Gasteiger partial charge in [-0.25, -0.2) is 13.8 Å². The van der Waals surface area contributed by atoms with Crippen LogP contribution in [0.4, 0.5) is 8.78 Å². The SMILES string of the molecule is O=C(c1ccccc1F)N1CCC(c2nc3ccc(F)cc3[nH]2)CC1. The lowest BCUT2D eigenvalue weighted by Crippen LogP contribution is -2.38. The van der Waals surface area contributed by atoms with E-state index < -0.39 is 5.82 Å². The average molecular weight is 341 g/mol. The van der Waals surface area contributed by atoms with Crippen LogP contribution >= 0.6 is 0 Å². The molecule has 0 radical (unpaired) electrons. The van der Waals surface area contributed by atoms with Gasteiger partial charge in [0.15, 0.2) is 0 Å². The molecule has 1 amide bonds. The third-order valence-electron chi connectivity index (χ3n) is 4.74. The fourth-order valence-electron chi connectivity index (χ4n) is 3.36. The second kappa shape index (κ2) is 6.27. The Labute approximate surface area is 143 Å². The minimum Gasteiger partial charge on any atom is -0.342 e. The van der Waals surface area contributed by atoms with E-state index in [0.29, 0.717) is 18.6 Å². The van der Waals surface area contributed by atoms with E-state index in [0.717, 1.165) is 24.2 Å². The first-order chi connectivity index (χ1) is 12.1. The fourth-order valence-corrected chi connectivity index (χ4v) is 3.36. The molecular formula is C19H17F2N3O. The molecule has 3 aromatic rings. The third-order valence-corrected chi connectivity index (χ3v) is 4.74. The Morgan fingerprint density at radius 2 is 1.88 bits per heavy atom. The number of amides is 1. The molecule has 1 aromatic heterocycles. The van der Waals surface area contributed by atoms with Gasteiger partial charge in [-0.15, -0.1) is 0 Å². The van der Waals surface area contributed by atoms with E-state index in [1.807, 2.05) is 0 Å². The van der Waals surface area contributed by atoms with E-state index in [4.69, 9.17) is 0 Å². The zero-order valence-electron chi connectivity index (χ0n) is 13.5. The first kappa shape index (κ1) is 15.7. The molecule has 4 rings (SSSR count).